The first-order valence-electron chi connectivity index (χ1n) is 12.0. The van der Waals surface area contributed by atoms with Crippen LogP contribution in [0.2, 0.25) is 0 Å². The highest BCUT2D eigenvalue weighted by molar-refractivity contribution is 7.89. The lowest BCUT2D eigenvalue weighted by Gasteiger charge is -2.26. The van der Waals surface area contributed by atoms with Crippen molar-refractivity contribution in [1.29, 1.82) is 0 Å². The first kappa shape index (κ1) is 26.0. The number of benzene rings is 2. The Morgan fingerprint density at radius 2 is 1.79 bits per heavy atom. The van der Waals surface area contributed by atoms with Crippen molar-refractivity contribution in [1.82, 2.24) is 9.62 Å². The van der Waals surface area contributed by atoms with Gasteiger partial charge in [0, 0.05) is 19.5 Å². The average Bonchev–Trinajstić information content (AvgIpc) is 2.85. The second-order valence-electron chi connectivity index (χ2n) is 8.83. The van der Waals surface area contributed by atoms with Gasteiger partial charge in [-0.15, -0.1) is 0 Å². The number of nitrogens with one attached hydrogen (secondary N) is 1. The number of piperidine rings is 1. The van der Waals surface area contributed by atoms with Crippen molar-refractivity contribution in [2.75, 3.05) is 33.4 Å². The molecule has 8 heteroatoms. The standard InChI is InChI=1S/C26H36N2O5S/c1-20(2)23-9-5-6-10-25(23)33-18-15-27-26(29)14-11-21-19-22(12-13-24(21)32-3)34(30,31)28-16-7-4-8-17-28/h5-6,9-10,12-13,19-20H,4,7-8,11,14-18H2,1-3H3,(H,27,29). The number of sulfonamides is 1. The Morgan fingerprint density at radius 3 is 2.50 bits per heavy atom. The first-order chi connectivity index (χ1) is 16.3. The maximum atomic E-state index is 13.0. The zero-order valence-corrected chi connectivity index (χ0v) is 21.2. The summed E-state index contributed by atoms with van der Waals surface area (Å²) in [7, 11) is -2.00. The number of methoxy groups -OCH3 is 1. The van der Waals surface area contributed by atoms with Crippen LogP contribution in [-0.4, -0.2) is 52.0 Å². The molecule has 0 spiro atoms. The smallest absolute Gasteiger partial charge is 0.243 e. The van der Waals surface area contributed by atoms with Crippen LogP contribution in [0.5, 0.6) is 11.5 Å². The predicted molar refractivity (Wildman–Crippen MR) is 133 cm³/mol. The van der Waals surface area contributed by atoms with Crippen LogP contribution in [0.3, 0.4) is 0 Å². The van der Waals surface area contributed by atoms with E-state index in [4.69, 9.17) is 9.47 Å². The van der Waals surface area contributed by atoms with Gasteiger partial charge in [-0.2, -0.15) is 4.31 Å². The third-order valence-electron chi connectivity index (χ3n) is 6.05. The van der Waals surface area contributed by atoms with E-state index in [1.54, 1.807) is 29.6 Å². The molecule has 2 aromatic rings. The van der Waals surface area contributed by atoms with Gasteiger partial charge in [-0.3, -0.25) is 4.79 Å². The van der Waals surface area contributed by atoms with Crippen LogP contribution < -0.4 is 14.8 Å². The fourth-order valence-electron chi connectivity index (χ4n) is 4.14. The monoisotopic (exact) mass is 488 g/mol. The van der Waals surface area contributed by atoms with Gasteiger partial charge >= 0.3 is 0 Å². The fourth-order valence-corrected chi connectivity index (χ4v) is 5.71. The quantitative estimate of drug-likeness (QED) is 0.481. The molecular formula is C26H36N2O5S. The summed E-state index contributed by atoms with van der Waals surface area (Å²) in [6.45, 7) is 6.11. The molecule has 0 atom stereocenters. The number of ether oxygens (including phenoxy) is 2. The van der Waals surface area contributed by atoms with Crippen LogP contribution in [0.1, 0.15) is 56.6 Å². The van der Waals surface area contributed by atoms with Crippen molar-refractivity contribution < 1.29 is 22.7 Å². The second kappa shape index (κ2) is 12.2. The number of rotatable bonds is 11. The Labute approximate surface area is 203 Å². The molecule has 1 N–H and O–H groups in total. The average molecular weight is 489 g/mol. The fraction of sp³-hybridized carbons (Fsp3) is 0.500. The van der Waals surface area contributed by atoms with E-state index in [0.717, 1.165) is 30.6 Å². The van der Waals surface area contributed by atoms with Gasteiger partial charge in [-0.1, -0.05) is 38.5 Å². The summed E-state index contributed by atoms with van der Waals surface area (Å²) in [4.78, 5) is 12.7. The molecule has 186 valence electrons. The maximum absolute atomic E-state index is 13.0. The lowest BCUT2D eigenvalue weighted by atomic mass is 10.0. The van der Waals surface area contributed by atoms with E-state index >= 15 is 0 Å². The summed E-state index contributed by atoms with van der Waals surface area (Å²) >= 11 is 0. The molecule has 0 unspecified atom stereocenters. The topological polar surface area (TPSA) is 84.9 Å². The minimum atomic E-state index is -3.54. The highest BCUT2D eigenvalue weighted by atomic mass is 32.2. The Bertz CT molecular complexity index is 1060. The summed E-state index contributed by atoms with van der Waals surface area (Å²) in [5.41, 5.74) is 1.85. The number of nitrogens with zero attached hydrogens (tertiary/aromatic N) is 1. The molecule has 2 aromatic carbocycles. The maximum Gasteiger partial charge on any atom is 0.243 e. The molecule has 0 radical (unpaired) electrons. The third-order valence-corrected chi connectivity index (χ3v) is 7.94. The number of para-hydroxylation sites is 1. The molecule has 7 nitrogen and oxygen atoms in total. The zero-order chi connectivity index (χ0) is 24.6. The van der Waals surface area contributed by atoms with Gasteiger partial charge in [0.2, 0.25) is 15.9 Å². The SMILES string of the molecule is COc1ccc(S(=O)(=O)N2CCCCC2)cc1CCC(=O)NCCOc1ccccc1C(C)C. The van der Waals surface area contributed by atoms with E-state index in [2.05, 4.69) is 19.2 Å². The number of hydrogen-bond donors (Lipinski definition) is 1. The van der Waals surface area contributed by atoms with Crippen molar-refractivity contribution in [3.8, 4) is 11.5 Å². The van der Waals surface area contributed by atoms with Crippen molar-refractivity contribution >= 4 is 15.9 Å². The number of carbonyl (C=O) groups is 1. The Balaban J connectivity index is 1.54. The van der Waals surface area contributed by atoms with Crippen molar-refractivity contribution in [3.05, 3.63) is 53.6 Å². The van der Waals surface area contributed by atoms with Gasteiger partial charge < -0.3 is 14.8 Å². The minimum Gasteiger partial charge on any atom is -0.496 e. The van der Waals surface area contributed by atoms with Gasteiger partial charge in [0.15, 0.2) is 0 Å². The molecule has 0 aromatic heterocycles. The van der Waals surface area contributed by atoms with Crippen molar-refractivity contribution in [2.45, 2.75) is 56.8 Å². The van der Waals surface area contributed by atoms with E-state index in [1.807, 2.05) is 24.3 Å². The van der Waals surface area contributed by atoms with Gasteiger partial charge in [0.25, 0.3) is 0 Å². The van der Waals surface area contributed by atoms with Crippen LogP contribution in [0.15, 0.2) is 47.4 Å². The van der Waals surface area contributed by atoms with Crippen molar-refractivity contribution in [3.63, 3.8) is 0 Å². The first-order valence-corrected chi connectivity index (χ1v) is 13.4. The normalized spacial score (nSPS) is 14.7. The van der Waals surface area contributed by atoms with E-state index in [9.17, 15) is 13.2 Å². The Hall–Kier alpha value is -2.58. The largest absolute Gasteiger partial charge is 0.496 e. The van der Waals surface area contributed by atoms with Crippen molar-refractivity contribution in [2.24, 2.45) is 0 Å². The highest BCUT2D eigenvalue weighted by Crippen LogP contribution is 2.27. The number of aryl methyl sites for hydroxylation is 1. The van der Waals surface area contributed by atoms with E-state index in [0.29, 0.717) is 49.9 Å². The summed E-state index contributed by atoms with van der Waals surface area (Å²) < 4.78 is 38.9. The molecule has 1 aliphatic heterocycles. The van der Waals surface area contributed by atoms with Crippen LogP contribution >= 0.6 is 0 Å². The molecule has 1 fully saturated rings. The molecule has 34 heavy (non-hydrogen) atoms. The van der Waals surface area contributed by atoms with E-state index < -0.39 is 10.0 Å². The van der Waals surface area contributed by atoms with E-state index in [-0.39, 0.29) is 17.2 Å². The lowest BCUT2D eigenvalue weighted by Crippen LogP contribution is -2.35. The molecule has 1 saturated heterocycles. The van der Waals surface area contributed by atoms with Gasteiger partial charge in [-0.05, 0) is 60.6 Å². The summed E-state index contributed by atoms with van der Waals surface area (Å²) in [5.74, 6) is 1.66. The number of hydrogen-bond acceptors (Lipinski definition) is 5. The predicted octanol–water partition coefficient (Wildman–Crippen LogP) is 4.12. The molecule has 1 aliphatic rings. The Kier molecular flexibility index (Phi) is 9.36. The van der Waals surface area contributed by atoms with Gasteiger partial charge in [0.05, 0.1) is 18.6 Å². The molecule has 1 amide bonds. The van der Waals surface area contributed by atoms with Crippen LogP contribution in [0, 0.1) is 0 Å². The molecule has 3 rings (SSSR count). The van der Waals surface area contributed by atoms with Crippen LogP contribution in [0.4, 0.5) is 0 Å². The van der Waals surface area contributed by atoms with Gasteiger partial charge in [0.1, 0.15) is 18.1 Å². The number of amides is 1. The lowest BCUT2D eigenvalue weighted by molar-refractivity contribution is -0.121. The van der Waals surface area contributed by atoms with Crippen LogP contribution in [-0.2, 0) is 21.2 Å². The second-order valence-corrected chi connectivity index (χ2v) is 10.8. The minimum absolute atomic E-state index is 0.118. The highest BCUT2D eigenvalue weighted by Gasteiger charge is 2.26. The molecular weight excluding hydrogens is 452 g/mol. The van der Waals surface area contributed by atoms with Crippen LogP contribution in [0.25, 0.3) is 0 Å². The molecule has 1 heterocycles. The zero-order valence-electron chi connectivity index (χ0n) is 20.4. The number of carbonyl (C=O) groups excluding carboxylic acids is 1. The molecule has 0 bridgehead atoms. The van der Waals surface area contributed by atoms with E-state index in [1.165, 1.54) is 0 Å². The summed E-state index contributed by atoms with van der Waals surface area (Å²) in [5, 5.41) is 2.87. The van der Waals surface area contributed by atoms with Gasteiger partial charge in [-0.25, -0.2) is 8.42 Å². The summed E-state index contributed by atoms with van der Waals surface area (Å²) in [6, 6.07) is 12.8. The molecule has 0 aliphatic carbocycles. The summed E-state index contributed by atoms with van der Waals surface area (Å²) in [6.07, 6.45) is 3.44. The Morgan fingerprint density at radius 1 is 1.06 bits per heavy atom. The molecule has 0 saturated carbocycles. The third kappa shape index (κ3) is 6.73.